The van der Waals surface area contributed by atoms with E-state index in [1.165, 1.54) is 11.3 Å². The van der Waals surface area contributed by atoms with E-state index >= 15 is 0 Å². The first-order valence-corrected chi connectivity index (χ1v) is 13.0. The topological polar surface area (TPSA) is 55.0 Å². The summed E-state index contributed by atoms with van der Waals surface area (Å²) in [4.78, 5) is 26.6. The summed E-state index contributed by atoms with van der Waals surface area (Å²) < 4.78 is 0. The molecule has 1 N–H and O–H groups in total. The van der Waals surface area contributed by atoms with E-state index in [1.807, 2.05) is 30.5 Å². The number of nitrogens with one attached hydrogen (secondary N) is 1. The van der Waals surface area contributed by atoms with Crippen molar-refractivity contribution in [1.29, 1.82) is 0 Å². The molecule has 7 nitrogen and oxygen atoms in total. The Kier molecular flexibility index (Phi) is 8.23. The summed E-state index contributed by atoms with van der Waals surface area (Å²) in [5, 5.41) is 3.07. The lowest BCUT2D eigenvalue weighted by Gasteiger charge is -2.36. The summed E-state index contributed by atoms with van der Waals surface area (Å²) in [6.07, 6.45) is 1.84. The van der Waals surface area contributed by atoms with Gasteiger partial charge in [-0.1, -0.05) is 36.4 Å². The highest BCUT2D eigenvalue weighted by Gasteiger charge is 2.20. The van der Waals surface area contributed by atoms with E-state index in [1.54, 1.807) is 0 Å². The number of aromatic nitrogens is 1. The van der Waals surface area contributed by atoms with E-state index in [4.69, 9.17) is 0 Å². The van der Waals surface area contributed by atoms with E-state index in [-0.39, 0.29) is 5.91 Å². The second kappa shape index (κ2) is 12.1. The molecule has 2 aliphatic rings. The molecule has 2 saturated heterocycles. The average Bonchev–Trinajstić information content (AvgIpc) is 2.92. The summed E-state index contributed by atoms with van der Waals surface area (Å²) in [5.74, 6) is 0.0513. The van der Waals surface area contributed by atoms with Crippen molar-refractivity contribution in [2.45, 2.75) is 13.1 Å². The molecule has 0 saturated carbocycles. The van der Waals surface area contributed by atoms with Crippen LogP contribution in [0.3, 0.4) is 0 Å². The van der Waals surface area contributed by atoms with Gasteiger partial charge in [0.15, 0.2) is 0 Å². The largest absolute Gasteiger partial charge is 0.369 e. The van der Waals surface area contributed by atoms with Gasteiger partial charge in [-0.15, -0.1) is 0 Å². The summed E-state index contributed by atoms with van der Waals surface area (Å²) in [6, 6.07) is 25.0. The molecule has 2 aromatic carbocycles. The quantitative estimate of drug-likeness (QED) is 0.530. The van der Waals surface area contributed by atoms with Crippen LogP contribution in [0.5, 0.6) is 0 Å². The first-order chi connectivity index (χ1) is 17.7. The van der Waals surface area contributed by atoms with Crippen molar-refractivity contribution in [3.63, 3.8) is 0 Å². The number of carbonyl (C=O) groups excluding carboxylic acids is 1. The summed E-state index contributed by atoms with van der Waals surface area (Å²) >= 11 is 0. The number of piperazine rings is 2. The van der Waals surface area contributed by atoms with Crippen LogP contribution in [-0.4, -0.2) is 84.5 Å². The Morgan fingerprint density at radius 1 is 0.694 bits per heavy atom. The maximum Gasteiger partial charge on any atom is 0.238 e. The smallest absolute Gasteiger partial charge is 0.238 e. The molecular formula is C29H36N6O. The van der Waals surface area contributed by atoms with Gasteiger partial charge in [0, 0.05) is 83.0 Å². The molecular weight excluding hydrogens is 448 g/mol. The van der Waals surface area contributed by atoms with Gasteiger partial charge in [-0.3, -0.25) is 24.5 Å². The lowest BCUT2D eigenvalue weighted by atomic mass is 10.2. The fourth-order valence-electron chi connectivity index (χ4n) is 4.99. The van der Waals surface area contributed by atoms with Crippen molar-refractivity contribution < 1.29 is 4.79 Å². The SMILES string of the molecule is O=C(CN1CCN(Cc2ccccn2)CC1)Nc1ccc(N2CCN(Cc3ccccc3)CC2)cc1. The Balaban J connectivity index is 1.02. The van der Waals surface area contributed by atoms with Crippen LogP contribution in [0, 0.1) is 0 Å². The van der Waals surface area contributed by atoms with Crippen LogP contribution < -0.4 is 10.2 Å². The monoisotopic (exact) mass is 484 g/mol. The number of pyridine rings is 1. The number of benzene rings is 2. The molecule has 188 valence electrons. The summed E-state index contributed by atoms with van der Waals surface area (Å²) in [5.41, 5.74) is 4.55. The van der Waals surface area contributed by atoms with Gasteiger partial charge >= 0.3 is 0 Å². The molecule has 1 aromatic heterocycles. The molecule has 0 spiro atoms. The fourth-order valence-corrected chi connectivity index (χ4v) is 4.99. The average molecular weight is 485 g/mol. The van der Waals surface area contributed by atoms with Gasteiger partial charge in [0.2, 0.25) is 5.91 Å². The molecule has 5 rings (SSSR count). The van der Waals surface area contributed by atoms with Gasteiger partial charge in [0.1, 0.15) is 0 Å². The second-order valence-corrected chi connectivity index (χ2v) is 9.72. The van der Waals surface area contributed by atoms with Crippen molar-refractivity contribution >= 4 is 17.3 Å². The standard InChI is InChI=1S/C29H36N6O/c36-29(24-34-16-14-33(15-17-34)23-27-8-4-5-13-30-27)31-26-9-11-28(12-10-26)35-20-18-32(19-21-35)22-25-6-2-1-3-7-25/h1-13H,14-24H2,(H,31,36). The Morgan fingerprint density at radius 3 is 2.03 bits per heavy atom. The Morgan fingerprint density at radius 2 is 1.33 bits per heavy atom. The van der Waals surface area contributed by atoms with E-state index in [2.05, 4.69) is 78.4 Å². The molecule has 0 aliphatic carbocycles. The van der Waals surface area contributed by atoms with E-state index < -0.39 is 0 Å². The lowest BCUT2D eigenvalue weighted by molar-refractivity contribution is -0.117. The third kappa shape index (κ3) is 6.91. The van der Waals surface area contributed by atoms with Gasteiger partial charge in [0.25, 0.3) is 0 Å². The van der Waals surface area contributed by atoms with Crippen LogP contribution in [0.15, 0.2) is 79.0 Å². The van der Waals surface area contributed by atoms with E-state index in [9.17, 15) is 4.79 Å². The molecule has 2 aliphatic heterocycles. The van der Waals surface area contributed by atoms with Gasteiger partial charge in [-0.2, -0.15) is 0 Å². The molecule has 7 heteroatoms. The summed E-state index contributed by atoms with van der Waals surface area (Å²) in [7, 11) is 0. The molecule has 0 radical (unpaired) electrons. The zero-order valence-corrected chi connectivity index (χ0v) is 20.9. The van der Waals surface area contributed by atoms with Gasteiger partial charge in [-0.25, -0.2) is 0 Å². The first kappa shape index (κ1) is 24.4. The highest BCUT2D eigenvalue weighted by molar-refractivity contribution is 5.92. The zero-order valence-electron chi connectivity index (χ0n) is 20.9. The highest BCUT2D eigenvalue weighted by Crippen LogP contribution is 2.20. The normalized spacial score (nSPS) is 17.7. The third-order valence-corrected chi connectivity index (χ3v) is 7.08. The van der Waals surface area contributed by atoms with E-state index in [0.717, 1.165) is 76.8 Å². The minimum Gasteiger partial charge on any atom is -0.369 e. The molecule has 3 heterocycles. The molecule has 3 aromatic rings. The zero-order chi connectivity index (χ0) is 24.6. The molecule has 0 atom stereocenters. The molecule has 1 amide bonds. The molecule has 0 unspecified atom stereocenters. The second-order valence-electron chi connectivity index (χ2n) is 9.72. The van der Waals surface area contributed by atoms with E-state index in [0.29, 0.717) is 6.54 Å². The Hall–Kier alpha value is -3.26. The van der Waals surface area contributed by atoms with Crippen molar-refractivity contribution in [3.05, 3.63) is 90.3 Å². The maximum atomic E-state index is 12.6. The highest BCUT2D eigenvalue weighted by atomic mass is 16.2. The van der Waals surface area contributed by atoms with Crippen LogP contribution in [0.2, 0.25) is 0 Å². The Bertz CT molecular complexity index is 1080. The van der Waals surface area contributed by atoms with Gasteiger partial charge < -0.3 is 10.2 Å². The van der Waals surface area contributed by atoms with Crippen LogP contribution in [0.25, 0.3) is 0 Å². The summed E-state index contributed by atoms with van der Waals surface area (Å²) in [6.45, 7) is 10.2. The maximum absolute atomic E-state index is 12.6. The Labute approximate surface area is 214 Å². The van der Waals surface area contributed by atoms with Gasteiger partial charge in [0.05, 0.1) is 12.2 Å². The first-order valence-electron chi connectivity index (χ1n) is 13.0. The van der Waals surface area contributed by atoms with Crippen LogP contribution >= 0.6 is 0 Å². The predicted molar refractivity (Wildman–Crippen MR) is 145 cm³/mol. The predicted octanol–water partition coefficient (Wildman–Crippen LogP) is 3.16. The van der Waals surface area contributed by atoms with Crippen molar-refractivity contribution in [2.75, 3.05) is 69.1 Å². The van der Waals surface area contributed by atoms with Crippen molar-refractivity contribution in [1.82, 2.24) is 19.7 Å². The number of carbonyl (C=O) groups is 1. The number of amides is 1. The fraction of sp³-hybridized carbons (Fsp3) is 0.379. The van der Waals surface area contributed by atoms with Gasteiger partial charge in [-0.05, 0) is 42.0 Å². The van der Waals surface area contributed by atoms with Crippen LogP contribution in [-0.2, 0) is 17.9 Å². The minimum atomic E-state index is 0.0513. The third-order valence-electron chi connectivity index (χ3n) is 7.08. The van der Waals surface area contributed by atoms with Crippen molar-refractivity contribution in [2.24, 2.45) is 0 Å². The van der Waals surface area contributed by atoms with Crippen LogP contribution in [0.4, 0.5) is 11.4 Å². The van der Waals surface area contributed by atoms with Crippen molar-refractivity contribution in [3.8, 4) is 0 Å². The number of hydrogen-bond acceptors (Lipinski definition) is 6. The molecule has 2 fully saturated rings. The molecule has 0 bridgehead atoms. The number of hydrogen-bond donors (Lipinski definition) is 1. The number of rotatable bonds is 8. The molecule has 36 heavy (non-hydrogen) atoms. The number of nitrogens with zero attached hydrogens (tertiary/aromatic N) is 5. The number of anilines is 2. The van der Waals surface area contributed by atoms with Crippen LogP contribution in [0.1, 0.15) is 11.3 Å². The minimum absolute atomic E-state index is 0.0513. The lowest BCUT2D eigenvalue weighted by Crippen LogP contribution is -2.48.